The molecule has 6 nitrogen and oxygen atoms in total. The number of carbonyl (C=O) groups excluding carboxylic acids is 2. The van der Waals surface area contributed by atoms with Crippen LogP contribution in [-0.4, -0.2) is 48.0 Å². The molecule has 3 rings (SSSR count). The molecule has 3 N–H and O–H groups in total. The van der Waals surface area contributed by atoms with Crippen LogP contribution in [0.5, 0.6) is 0 Å². The summed E-state index contributed by atoms with van der Waals surface area (Å²) in [5.41, 5.74) is 4.65. The molecule has 0 heterocycles. The molecule has 0 fully saturated rings. The van der Waals surface area contributed by atoms with E-state index in [9.17, 15) is 14.7 Å². The average Bonchev–Trinajstić information content (AvgIpc) is 3.03. The van der Waals surface area contributed by atoms with E-state index in [1.165, 1.54) is 11.1 Å². The number of aliphatic hydroxyl groups excluding tert-OH is 2. The number of carbonyl (C=O) groups is 2. The highest BCUT2D eigenvalue weighted by Gasteiger charge is 2.28. The minimum absolute atomic E-state index is 0.00774. The number of benzene rings is 2. The fraction of sp³-hybridized carbons (Fsp3) is 0.364. The lowest BCUT2D eigenvalue weighted by Gasteiger charge is -2.14. The van der Waals surface area contributed by atoms with Gasteiger partial charge < -0.3 is 20.3 Å². The summed E-state index contributed by atoms with van der Waals surface area (Å²) in [4.78, 5) is 23.6. The third-order valence-electron chi connectivity index (χ3n) is 4.99. The Hall–Kier alpha value is -2.70. The summed E-state index contributed by atoms with van der Waals surface area (Å²) in [6.45, 7) is 0.299. The minimum atomic E-state index is -1.14. The number of alkyl carbamates (subject to hydrolysis) is 1. The van der Waals surface area contributed by atoms with Gasteiger partial charge in [-0.15, -0.1) is 0 Å². The van der Waals surface area contributed by atoms with Gasteiger partial charge in [0.05, 0.1) is 0 Å². The van der Waals surface area contributed by atoms with Crippen molar-refractivity contribution < 1.29 is 24.5 Å². The van der Waals surface area contributed by atoms with Gasteiger partial charge >= 0.3 is 6.09 Å². The van der Waals surface area contributed by atoms with Gasteiger partial charge in [-0.2, -0.15) is 0 Å². The molecule has 1 unspecified atom stereocenters. The Morgan fingerprint density at radius 2 is 1.64 bits per heavy atom. The molecule has 1 atom stereocenters. The number of ether oxygens (including phenoxy) is 1. The molecule has 28 heavy (non-hydrogen) atoms. The second-order valence-corrected chi connectivity index (χ2v) is 6.85. The van der Waals surface area contributed by atoms with Crippen LogP contribution in [0.2, 0.25) is 0 Å². The van der Waals surface area contributed by atoms with Crippen LogP contribution >= 0.6 is 0 Å². The molecule has 6 heteroatoms. The first kappa shape index (κ1) is 20.0. The van der Waals surface area contributed by atoms with E-state index < -0.39 is 12.2 Å². The van der Waals surface area contributed by atoms with Gasteiger partial charge in [-0.1, -0.05) is 48.5 Å². The van der Waals surface area contributed by atoms with Crippen molar-refractivity contribution in [2.45, 2.75) is 31.3 Å². The zero-order valence-corrected chi connectivity index (χ0v) is 15.6. The van der Waals surface area contributed by atoms with Gasteiger partial charge in [-0.3, -0.25) is 4.79 Å². The van der Waals surface area contributed by atoms with E-state index in [2.05, 4.69) is 29.6 Å². The van der Waals surface area contributed by atoms with Crippen molar-refractivity contribution >= 4 is 11.9 Å². The van der Waals surface area contributed by atoms with Gasteiger partial charge in [0.2, 0.25) is 0 Å². The first-order valence-corrected chi connectivity index (χ1v) is 9.52. The molecule has 0 bridgehead atoms. The van der Waals surface area contributed by atoms with Crippen molar-refractivity contribution in [2.75, 3.05) is 19.8 Å². The smallest absolute Gasteiger partial charge is 0.407 e. The second-order valence-electron chi connectivity index (χ2n) is 6.85. The predicted octanol–water partition coefficient (Wildman–Crippen LogP) is 2.62. The minimum Gasteiger partial charge on any atom is -0.449 e. The van der Waals surface area contributed by atoms with Gasteiger partial charge in [-0.05, 0) is 28.7 Å². The Balaban J connectivity index is 1.47. The number of fused-ring (bicyclic) bond motifs is 3. The topological polar surface area (TPSA) is 95.9 Å². The zero-order valence-electron chi connectivity index (χ0n) is 15.6. The highest BCUT2D eigenvalue weighted by Crippen LogP contribution is 2.44. The van der Waals surface area contributed by atoms with Crippen LogP contribution in [0.3, 0.4) is 0 Å². The number of aliphatic hydroxyl groups is 2. The monoisotopic (exact) mass is 383 g/mol. The molecule has 0 saturated carbocycles. The van der Waals surface area contributed by atoms with Crippen LogP contribution in [-0.2, 0) is 9.53 Å². The lowest BCUT2D eigenvalue weighted by Crippen LogP contribution is -2.28. The van der Waals surface area contributed by atoms with Crippen molar-refractivity contribution in [1.82, 2.24) is 5.32 Å². The maximum atomic E-state index is 12.0. The van der Waals surface area contributed by atoms with Gasteiger partial charge in [-0.25, -0.2) is 4.79 Å². The van der Waals surface area contributed by atoms with E-state index in [4.69, 9.17) is 9.84 Å². The normalized spacial score (nSPS) is 13.5. The molecule has 0 aromatic heterocycles. The lowest BCUT2D eigenvalue weighted by atomic mass is 9.98. The van der Waals surface area contributed by atoms with Crippen LogP contribution in [0, 0.1) is 0 Å². The number of nitrogens with one attached hydrogen (secondary N) is 1. The number of hydrogen-bond acceptors (Lipinski definition) is 5. The van der Waals surface area contributed by atoms with Crippen LogP contribution in [0.4, 0.5) is 4.79 Å². The van der Waals surface area contributed by atoms with E-state index in [0.29, 0.717) is 6.42 Å². The summed E-state index contributed by atoms with van der Waals surface area (Å²) in [6, 6.07) is 16.3. The highest BCUT2D eigenvalue weighted by molar-refractivity contribution is 5.82. The molecule has 1 aliphatic rings. The molecule has 1 amide bonds. The van der Waals surface area contributed by atoms with E-state index in [1.54, 1.807) is 0 Å². The molecule has 1 aliphatic carbocycles. The molecule has 0 spiro atoms. The third kappa shape index (κ3) is 4.58. The quantitative estimate of drug-likeness (QED) is 0.579. The zero-order chi connectivity index (χ0) is 19.9. The van der Waals surface area contributed by atoms with Crippen LogP contribution in [0.15, 0.2) is 48.5 Å². The van der Waals surface area contributed by atoms with E-state index >= 15 is 0 Å². The van der Waals surface area contributed by atoms with Crippen LogP contribution in [0.1, 0.15) is 36.3 Å². The van der Waals surface area contributed by atoms with Gasteiger partial charge in [0, 0.05) is 31.9 Å². The fourth-order valence-electron chi connectivity index (χ4n) is 3.55. The van der Waals surface area contributed by atoms with E-state index in [-0.39, 0.29) is 44.3 Å². The molecular formula is C22H25NO5. The van der Waals surface area contributed by atoms with Crippen LogP contribution < -0.4 is 5.32 Å². The second kappa shape index (κ2) is 9.48. The SMILES string of the molecule is O=C(NCCCC(=O)C(O)CCO)OCC1c2ccccc2-c2ccccc21. The number of Topliss-reactive ketones (excluding diaryl/α,β-unsaturated/α-hetero) is 1. The van der Waals surface area contributed by atoms with Crippen molar-refractivity contribution in [3.63, 3.8) is 0 Å². The first-order valence-electron chi connectivity index (χ1n) is 9.52. The summed E-state index contributed by atoms with van der Waals surface area (Å²) < 4.78 is 5.42. The van der Waals surface area contributed by atoms with Crippen LogP contribution in [0.25, 0.3) is 11.1 Å². The average molecular weight is 383 g/mol. The first-order chi connectivity index (χ1) is 13.6. The lowest BCUT2D eigenvalue weighted by molar-refractivity contribution is -0.127. The largest absolute Gasteiger partial charge is 0.449 e. The summed E-state index contributed by atoms with van der Waals surface area (Å²) in [6.07, 6.45) is -1.07. The molecule has 2 aromatic rings. The summed E-state index contributed by atoms with van der Waals surface area (Å²) in [5, 5.41) is 20.8. The summed E-state index contributed by atoms with van der Waals surface area (Å²) in [7, 11) is 0. The Bertz CT molecular complexity index is 790. The maximum Gasteiger partial charge on any atom is 0.407 e. The highest BCUT2D eigenvalue weighted by atomic mass is 16.5. The van der Waals surface area contributed by atoms with Crippen molar-refractivity contribution in [3.8, 4) is 11.1 Å². The van der Waals surface area contributed by atoms with Crippen molar-refractivity contribution in [2.24, 2.45) is 0 Å². The van der Waals surface area contributed by atoms with Gasteiger partial charge in [0.25, 0.3) is 0 Å². The van der Waals surface area contributed by atoms with Crippen molar-refractivity contribution in [1.29, 1.82) is 0 Å². The molecule has 148 valence electrons. The summed E-state index contributed by atoms with van der Waals surface area (Å²) >= 11 is 0. The number of amides is 1. The molecule has 2 aromatic carbocycles. The standard InChI is InChI=1S/C22H25NO5/c24-13-11-21(26)20(25)10-5-12-23-22(27)28-14-19-17-8-3-1-6-15(17)16-7-2-4-9-18(16)19/h1-4,6-9,19,21,24,26H,5,10-14H2,(H,23,27). The third-order valence-corrected chi connectivity index (χ3v) is 4.99. The predicted molar refractivity (Wildman–Crippen MR) is 105 cm³/mol. The molecule has 0 aliphatic heterocycles. The summed E-state index contributed by atoms with van der Waals surface area (Å²) in [5.74, 6) is -0.322. The van der Waals surface area contributed by atoms with Gasteiger partial charge in [0.15, 0.2) is 5.78 Å². The molecule has 0 radical (unpaired) electrons. The maximum absolute atomic E-state index is 12.0. The van der Waals surface area contributed by atoms with Crippen molar-refractivity contribution in [3.05, 3.63) is 59.7 Å². The number of hydrogen-bond donors (Lipinski definition) is 3. The Kier molecular flexibility index (Phi) is 6.79. The van der Waals surface area contributed by atoms with E-state index in [0.717, 1.165) is 11.1 Å². The Morgan fingerprint density at radius 1 is 1.04 bits per heavy atom. The number of rotatable bonds is 9. The fourth-order valence-corrected chi connectivity index (χ4v) is 3.55. The van der Waals surface area contributed by atoms with E-state index in [1.807, 2.05) is 24.3 Å². The molecule has 0 saturated heterocycles. The van der Waals surface area contributed by atoms with Gasteiger partial charge in [0.1, 0.15) is 12.7 Å². The Labute approximate surface area is 164 Å². The Morgan fingerprint density at radius 3 is 2.25 bits per heavy atom. The number of ketones is 1. The molecular weight excluding hydrogens is 358 g/mol.